The molecule has 0 fully saturated rings. The fourth-order valence-corrected chi connectivity index (χ4v) is 3.82. The molecule has 1 aliphatic heterocycles. The number of fused-ring (bicyclic) bond motifs is 3. The first-order valence-electron chi connectivity index (χ1n) is 8.73. The van der Waals surface area contributed by atoms with E-state index in [4.69, 9.17) is 0 Å². The van der Waals surface area contributed by atoms with Crippen molar-refractivity contribution >= 4 is 10.9 Å². The molecule has 3 aromatic rings. The summed E-state index contributed by atoms with van der Waals surface area (Å²) in [6.07, 6.45) is 1.86. The molecule has 126 valence electrons. The molecule has 0 radical (unpaired) electrons. The van der Waals surface area contributed by atoms with Gasteiger partial charge in [-0.1, -0.05) is 23.5 Å². The summed E-state index contributed by atoms with van der Waals surface area (Å²) in [6.45, 7) is 6.10. The molecule has 1 unspecified atom stereocenters. The lowest BCUT2D eigenvalue weighted by Gasteiger charge is -2.28. The summed E-state index contributed by atoms with van der Waals surface area (Å²) in [7, 11) is 4.35. The van der Waals surface area contributed by atoms with Gasteiger partial charge in [0.2, 0.25) is 0 Å². The molecule has 3 heterocycles. The Morgan fingerprint density at radius 1 is 1.12 bits per heavy atom. The van der Waals surface area contributed by atoms with E-state index in [1.165, 1.54) is 27.7 Å². The van der Waals surface area contributed by atoms with Crippen molar-refractivity contribution in [2.24, 2.45) is 7.05 Å². The minimum atomic E-state index is 0.216. The first kappa shape index (κ1) is 15.9. The van der Waals surface area contributed by atoms with Crippen LogP contribution in [0.4, 0.5) is 0 Å². The zero-order valence-corrected chi connectivity index (χ0v) is 15.3. The van der Waals surface area contributed by atoms with E-state index in [1.54, 1.807) is 0 Å². The van der Waals surface area contributed by atoms with Crippen LogP contribution in [0.15, 0.2) is 36.5 Å². The molecule has 0 saturated carbocycles. The molecule has 25 heavy (non-hydrogen) atoms. The molecule has 0 N–H and O–H groups in total. The Morgan fingerprint density at radius 2 is 1.96 bits per heavy atom. The first-order chi connectivity index (χ1) is 12.0. The molecule has 4 rings (SSSR count). The van der Waals surface area contributed by atoms with Gasteiger partial charge in [-0.15, -0.1) is 0 Å². The van der Waals surface area contributed by atoms with Gasteiger partial charge in [0, 0.05) is 54.2 Å². The van der Waals surface area contributed by atoms with Crippen LogP contribution in [0.5, 0.6) is 0 Å². The van der Waals surface area contributed by atoms with Gasteiger partial charge in [-0.25, -0.2) is 0 Å². The molecule has 3 nitrogen and oxygen atoms in total. The van der Waals surface area contributed by atoms with Crippen LogP contribution in [0.3, 0.4) is 0 Å². The highest BCUT2D eigenvalue weighted by atomic mass is 15.1. The average molecular weight is 329 g/mol. The number of pyridine rings is 1. The molecule has 1 atom stereocenters. The van der Waals surface area contributed by atoms with Crippen molar-refractivity contribution in [2.45, 2.75) is 26.3 Å². The van der Waals surface area contributed by atoms with Gasteiger partial charge < -0.3 is 9.47 Å². The summed E-state index contributed by atoms with van der Waals surface area (Å²) in [6, 6.07) is 10.8. The minimum Gasteiger partial charge on any atom is -0.346 e. The number of aryl methyl sites for hydroxylation is 3. The smallest absolute Gasteiger partial charge is 0.0738 e. The fraction of sp³-hybridized carbons (Fsp3) is 0.318. The maximum Gasteiger partial charge on any atom is 0.0738 e. The maximum atomic E-state index is 4.35. The Hall–Kier alpha value is -2.57. The zero-order chi connectivity index (χ0) is 17.6. The molecule has 1 aromatic carbocycles. The second-order valence-electron chi connectivity index (χ2n) is 7.15. The van der Waals surface area contributed by atoms with Crippen molar-refractivity contribution in [3.63, 3.8) is 0 Å². The maximum absolute atomic E-state index is 4.35. The second kappa shape index (κ2) is 6.06. The highest BCUT2D eigenvalue weighted by Crippen LogP contribution is 2.35. The van der Waals surface area contributed by atoms with Gasteiger partial charge >= 0.3 is 0 Å². The normalized spacial score (nSPS) is 17.2. The first-order valence-corrected chi connectivity index (χ1v) is 8.73. The van der Waals surface area contributed by atoms with Gasteiger partial charge in [0.1, 0.15) is 0 Å². The molecular formula is C22H23N3. The molecule has 1 aliphatic rings. The predicted octanol–water partition coefficient (Wildman–Crippen LogP) is 3.77. The molecule has 2 aromatic heterocycles. The highest BCUT2D eigenvalue weighted by molar-refractivity contribution is 5.87. The molecule has 0 amide bonds. The lowest BCUT2D eigenvalue weighted by Crippen LogP contribution is -2.30. The van der Waals surface area contributed by atoms with Crippen molar-refractivity contribution < 1.29 is 0 Å². The van der Waals surface area contributed by atoms with E-state index in [0.29, 0.717) is 0 Å². The summed E-state index contributed by atoms with van der Waals surface area (Å²) in [5.74, 6) is 7.06. The quantitative estimate of drug-likeness (QED) is 0.585. The Morgan fingerprint density at radius 3 is 2.72 bits per heavy atom. The molecular weight excluding hydrogens is 306 g/mol. The third kappa shape index (κ3) is 2.83. The monoisotopic (exact) mass is 329 g/mol. The molecule has 3 heteroatoms. The highest BCUT2D eigenvalue weighted by Gasteiger charge is 2.27. The summed E-state index contributed by atoms with van der Waals surface area (Å²) in [5, 5.41) is 1.37. The number of hydrogen-bond acceptors (Lipinski definition) is 2. The molecule has 0 bridgehead atoms. The topological polar surface area (TPSA) is 21.1 Å². The number of benzene rings is 1. The molecule has 0 saturated heterocycles. The summed E-state index contributed by atoms with van der Waals surface area (Å²) in [5.41, 5.74) is 7.41. The van der Waals surface area contributed by atoms with Crippen LogP contribution in [-0.2, 0) is 13.6 Å². The Kier molecular flexibility index (Phi) is 3.86. The van der Waals surface area contributed by atoms with Gasteiger partial charge in [0.25, 0.3) is 0 Å². The van der Waals surface area contributed by atoms with Gasteiger partial charge in [0.15, 0.2) is 0 Å². The number of likely N-dealkylation sites (N-methyl/N-ethyl adjacent to an activating group) is 1. The van der Waals surface area contributed by atoms with E-state index < -0.39 is 0 Å². The van der Waals surface area contributed by atoms with Crippen molar-refractivity contribution in [3.8, 4) is 11.8 Å². The predicted molar refractivity (Wildman–Crippen MR) is 103 cm³/mol. The minimum absolute atomic E-state index is 0.216. The van der Waals surface area contributed by atoms with E-state index in [-0.39, 0.29) is 5.92 Å². The van der Waals surface area contributed by atoms with Crippen LogP contribution in [0.1, 0.15) is 34.0 Å². The number of aromatic nitrogens is 2. The lowest BCUT2D eigenvalue weighted by molar-refractivity contribution is 0.298. The Balaban J connectivity index is 1.82. The summed E-state index contributed by atoms with van der Waals surface area (Å²) < 4.78 is 2.34. The van der Waals surface area contributed by atoms with Crippen molar-refractivity contribution in [1.29, 1.82) is 0 Å². The van der Waals surface area contributed by atoms with Gasteiger partial charge in [-0.3, -0.25) is 4.98 Å². The van der Waals surface area contributed by atoms with Crippen LogP contribution in [0.25, 0.3) is 10.9 Å². The number of hydrogen-bond donors (Lipinski definition) is 0. The summed E-state index contributed by atoms with van der Waals surface area (Å²) in [4.78, 5) is 6.72. The SMILES string of the molecule is Cc1ccc2c(c1)c1c(n2C)C(C#Cc2ccc(C)nc2)CN(C)C1. The molecule has 0 aliphatic carbocycles. The van der Waals surface area contributed by atoms with Crippen molar-refractivity contribution in [3.05, 3.63) is 64.6 Å². The zero-order valence-electron chi connectivity index (χ0n) is 15.3. The van der Waals surface area contributed by atoms with Crippen LogP contribution < -0.4 is 0 Å². The van der Waals surface area contributed by atoms with Crippen LogP contribution >= 0.6 is 0 Å². The van der Waals surface area contributed by atoms with E-state index in [2.05, 4.69) is 65.5 Å². The van der Waals surface area contributed by atoms with Crippen molar-refractivity contribution in [2.75, 3.05) is 13.6 Å². The van der Waals surface area contributed by atoms with Gasteiger partial charge in [-0.2, -0.15) is 0 Å². The van der Waals surface area contributed by atoms with Crippen LogP contribution in [0.2, 0.25) is 0 Å². The third-order valence-electron chi connectivity index (χ3n) is 5.06. The van der Waals surface area contributed by atoms with Gasteiger partial charge in [0.05, 0.1) is 5.92 Å². The van der Waals surface area contributed by atoms with Crippen LogP contribution in [0, 0.1) is 25.7 Å². The van der Waals surface area contributed by atoms with Gasteiger partial charge in [-0.05, 0) is 50.7 Å². The second-order valence-corrected chi connectivity index (χ2v) is 7.15. The Bertz CT molecular complexity index is 1000. The number of nitrogens with zero attached hydrogens (tertiary/aromatic N) is 3. The summed E-state index contributed by atoms with van der Waals surface area (Å²) >= 11 is 0. The lowest BCUT2D eigenvalue weighted by atomic mass is 9.95. The van der Waals surface area contributed by atoms with Crippen molar-refractivity contribution in [1.82, 2.24) is 14.5 Å². The largest absolute Gasteiger partial charge is 0.346 e. The average Bonchev–Trinajstić information content (AvgIpc) is 2.86. The third-order valence-corrected chi connectivity index (χ3v) is 5.06. The Labute approximate surface area is 149 Å². The fourth-order valence-electron chi connectivity index (χ4n) is 3.82. The van der Waals surface area contributed by atoms with E-state index in [1.807, 2.05) is 25.3 Å². The van der Waals surface area contributed by atoms with Crippen LogP contribution in [-0.4, -0.2) is 28.0 Å². The van der Waals surface area contributed by atoms with E-state index in [9.17, 15) is 0 Å². The van der Waals surface area contributed by atoms with E-state index in [0.717, 1.165) is 24.3 Å². The number of rotatable bonds is 0. The van der Waals surface area contributed by atoms with E-state index >= 15 is 0 Å². The molecule has 0 spiro atoms. The standard InChI is InChI=1S/C22H23N3/c1-15-5-10-21-19(11-15)20-14-24(3)13-18(22(20)25(21)4)9-8-17-7-6-16(2)23-12-17/h5-7,10-12,18H,13-14H2,1-4H3.